The fourth-order valence-corrected chi connectivity index (χ4v) is 5.21. The lowest BCUT2D eigenvalue weighted by atomic mass is 9.91. The number of anilines is 3. The summed E-state index contributed by atoms with van der Waals surface area (Å²) in [6, 6.07) is 12.5. The van der Waals surface area contributed by atoms with Crippen LogP contribution in [-0.4, -0.2) is 26.5 Å². The second kappa shape index (κ2) is 10.1. The van der Waals surface area contributed by atoms with E-state index in [1.165, 1.54) is 12.1 Å². The number of benzene rings is 2. The van der Waals surface area contributed by atoms with E-state index in [9.17, 15) is 22.8 Å². The predicted octanol–water partition coefficient (Wildman–Crippen LogP) is 3.59. The first-order valence-electron chi connectivity index (χ1n) is 11.1. The molecule has 1 saturated carbocycles. The van der Waals surface area contributed by atoms with E-state index in [0.717, 1.165) is 5.56 Å². The van der Waals surface area contributed by atoms with Gasteiger partial charge < -0.3 is 16.0 Å². The van der Waals surface area contributed by atoms with Gasteiger partial charge in [0.15, 0.2) is 0 Å². The molecule has 0 saturated heterocycles. The van der Waals surface area contributed by atoms with Gasteiger partial charge >= 0.3 is 6.03 Å². The number of sulfonamides is 1. The molecule has 4 N–H and O–H groups in total. The summed E-state index contributed by atoms with van der Waals surface area (Å²) in [6.45, 7) is 1.83. The molecular formula is C24H25ClN4O5S. The molecule has 11 heteroatoms. The van der Waals surface area contributed by atoms with Gasteiger partial charge in [-0.25, -0.2) is 13.2 Å². The van der Waals surface area contributed by atoms with Crippen LogP contribution >= 0.6 is 11.6 Å². The van der Waals surface area contributed by atoms with Crippen molar-refractivity contribution < 1.29 is 13.2 Å². The van der Waals surface area contributed by atoms with Gasteiger partial charge in [0.1, 0.15) is 11.4 Å². The Kier molecular flexibility index (Phi) is 7.13. The number of hydrogen-bond acceptors (Lipinski definition) is 6. The molecule has 0 aromatic heterocycles. The van der Waals surface area contributed by atoms with Crippen molar-refractivity contribution in [3.63, 3.8) is 0 Å². The van der Waals surface area contributed by atoms with Crippen LogP contribution in [0, 0.1) is 6.92 Å². The summed E-state index contributed by atoms with van der Waals surface area (Å²) in [5, 5.41) is 9.29. The van der Waals surface area contributed by atoms with Crippen LogP contribution in [0.25, 0.3) is 0 Å². The number of nitrogens with one attached hydrogen (secondary N) is 4. The quantitative estimate of drug-likeness (QED) is 0.355. The summed E-state index contributed by atoms with van der Waals surface area (Å²) in [5.41, 5.74) is -0.330. The Hall–Kier alpha value is -3.37. The zero-order chi connectivity index (χ0) is 25.2. The highest BCUT2D eigenvalue weighted by Gasteiger charge is 2.29. The molecule has 3 aromatic rings. The fraction of sp³-hybridized carbons (Fsp3) is 0.292. The molecule has 9 nitrogen and oxygen atoms in total. The van der Waals surface area contributed by atoms with Crippen LogP contribution in [0.3, 0.4) is 0 Å². The molecule has 0 unspecified atom stereocenters. The maximum atomic E-state index is 12.6. The van der Waals surface area contributed by atoms with E-state index in [1.807, 2.05) is 6.92 Å². The highest BCUT2D eigenvalue weighted by atomic mass is 35.5. The van der Waals surface area contributed by atoms with E-state index < -0.39 is 20.9 Å². The number of carbonyl (C=O) groups is 1. The number of aryl methyl sites for hydroxylation is 1. The molecule has 1 aliphatic carbocycles. The Labute approximate surface area is 207 Å². The van der Waals surface area contributed by atoms with Crippen molar-refractivity contribution in [1.29, 1.82) is 0 Å². The van der Waals surface area contributed by atoms with Crippen LogP contribution in [0.15, 0.2) is 63.0 Å². The summed E-state index contributed by atoms with van der Waals surface area (Å²) < 4.78 is 27.5. The third-order valence-electron chi connectivity index (χ3n) is 5.99. The van der Waals surface area contributed by atoms with Crippen LogP contribution in [0.1, 0.15) is 31.2 Å². The van der Waals surface area contributed by atoms with Crippen molar-refractivity contribution in [3.05, 3.63) is 79.6 Å². The van der Waals surface area contributed by atoms with E-state index in [0.29, 0.717) is 36.4 Å². The Balaban J connectivity index is 1.32. The lowest BCUT2D eigenvalue weighted by Gasteiger charge is -2.31. The highest BCUT2D eigenvalue weighted by Crippen LogP contribution is 2.26. The Morgan fingerprint density at radius 2 is 1.43 bits per heavy atom. The number of rotatable bonds is 7. The van der Waals surface area contributed by atoms with Crippen molar-refractivity contribution in [2.75, 3.05) is 15.4 Å². The van der Waals surface area contributed by atoms with Gasteiger partial charge in [-0.1, -0.05) is 29.3 Å². The van der Waals surface area contributed by atoms with Gasteiger partial charge in [0.25, 0.3) is 20.9 Å². The maximum absolute atomic E-state index is 12.6. The van der Waals surface area contributed by atoms with E-state index in [4.69, 9.17) is 11.6 Å². The molecule has 0 bridgehead atoms. The summed E-state index contributed by atoms with van der Waals surface area (Å²) in [6.07, 6.45) is 2.58. The van der Waals surface area contributed by atoms with E-state index in [2.05, 4.69) is 20.7 Å². The average Bonchev–Trinajstić information content (AvgIpc) is 2.84. The molecule has 0 heterocycles. The average molecular weight is 517 g/mol. The number of hydrogen-bond donors (Lipinski definition) is 4. The Morgan fingerprint density at radius 3 is 2.06 bits per heavy atom. The third kappa shape index (κ3) is 5.83. The van der Waals surface area contributed by atoms with Crippen molar-refractivity contribution in [1.82, 2.24) is 5.32 Å². The third-order valence-corrected chi connectivity index (χ3v) is 7.61. The number of carbonyl (C=O) groups excluding carboxylic acids is 1. The fourth-order valence-electron chi connectivity index (χ4n) is 4.01. The molecule has 0 atom stereocenters. The van der Waals surface area contributed by atoms with Crippen molar-refractivity contribution in [2.45, 2.75) is 49.6 Å². The van der Waals surface area contributed by atoms with Crippen LogP contribution in [0.2, 0.25) is 5.02 Å². The topological polar surface area (TPSA) is 133 Å². The zero-order valence-electron chi connectivity index (χ0n) is 18.9. The molecule has 3 aromatic carbocycles. The first-order valence-corrected chi connectivity index (χ1v) is 13.0. The summed E-state index contributed by atoms with van der Waals surface area (Å²) in [7, 11) is -4.00. The Morgan fingerprint density at radius 1 is 0.857 bits per heavy atom. The molecule has 0 aliphatic heterocycles. The SMILES string of the molecule is Cc1ccc(S(=O)(=O)Nc2c(NC3CCC(NC(=O)Nc4ccc(Cl)cc4)CC3)c(=O)c2=O)cc1. The second-order valence-electron chi connectivity index (χ2n) is 8.63. The highest BCUT2D eigenvalue weighted by molar-refractivity contribution is 7.92. The van der Waals surface area contributed by atoms with Crippen molar-refractivity contribution >= 4 is 44.7 Å². The molecular weight excluding hydrogens is 492 g/mol. The Bertz CT molecular complexity index is 1390. The summed E-state index contributed by atoms with van der Waals surface area (Å²) in [5.74, 6) is 0. The van der Waals surface area contributed by atoms with Gasteiger partial charge in [0.05, 0.1) is 4.90 Å². The summed E-state index contributed by atoms with van der Waals surface area (Å²) >= 11 is 5.85. The van der Waals surface area contributed by atoms with E-state index in [1.54, 1.807) is 36.4 Å². The lowest BCUT2D eigenvalue weighted by Crippen LogP contribution is -2.44. The lowest BCUT2D eigenvalue weighted by molar-refractivity contribution is 0.243. The minimum Gasteiger partial charge on any atom is -0.377 e. The molecule has 1 aliphatic rings. The smallest absolute Gasteiger partial charge is 0.319 e. The molecule has 35 heavy (non-hydrogen) atoms. The van der Waals surface area contributed by atoms with E-state index >= 15 is 0 Å². The molecule has 2 amide bonds. The van der Waals surface area contributed by atoms with Crippen LogP contribution < -0.4 is 31.5 Å². The summed E-state index contributed by atoms with van der Waals surface area (Å²) in [4.78, 5) is 36.5. The monoisotopic (exact) mass is 516 g/mol. The van der Waals surface area contributed by atoms with Crippen molar-refractivity contribution in [3.8, 4) is 0 Å². The van der Waals surface area contributed by atoms with Gasteiger partial charge in [-0.15, -0.1) is 0 Å². The van der Waals surface area contributed by atoms with Gasteiger partial charge in [-0.05, 0) is 69.0 Å². The first kappa shape index (κ1) is 24.7. The minimum absolute atomic E-state index is 0.00515. The molecule has 0 radical (unpaired) electrons. The largest absolute Gasteiger partial charge is 0.377 e. The van der Waals surface area contributed by atoms with Crippen LogP contribution in [0.5, 0.6) is 0 Å². The van der Waals surface area contributed by atoms with Gasteiger partial charge in [0, 0.05) is 22.8 Å². The zero-order valence-corrected chi connectivity index (χ0v) is 20.5. The number of halogens is 1. The molecule has 0 spiro atoms. The predicted molar refractivity (Wildman–Crippen MR) is 137 cm³/mol. The minimum atomic E-state index is -4.00. The van der Waals surface area contributed by atoms with Crippen LogP contribution in [0.4, 0.5) is 21.9 Å². The second-order valence-corrected chi connectivity index (χ2v) is 10.7. The van der Waals surface area contributed by atoms with Crippen LogP contribution in [-0.2, 0) is 10.0 Å². The normalized spacial score (nSPS) is 18.1. The van der Waals surface area contributed by atoms with Gasteiger partial charge in [0.2, 0.25) is 0 Å². The van der Waals surface area contributed by atoms with Crippen molar-refractivity contribution in [2.24, 2.45) is 0 Å². The molecule has 4 rings (SSSR count). The maximum Gasteiger partial charge on any atom is 0.319 e. The standard InChI is InChI=1S/C24H25ClN4O5S/c1-14-2-12-19(13-3-14)35(33,34)29-21-20(22(30)23(21)31)26-16-8-10-18(11-9-16)28-24(32)27-17-6-4-15(25)5-7-17/h2-7,12-13,16,18,26,29H,8-11H2,1H3,(H2,27,28,32). The molecule has 1 fully saturated rings. The number of amides is 2. The molecule has 184 valence electrons. The first-order chi connectivity index (χ1) is 16.6. The number of urea groups is 1. The van der Waals surface area contributed by atoms with Gasteiger partial charge in [-0.3, -0.25) is 14.3 Å². The van der Waals surface area contributed by atoms with Gasteiger partial charge in [-0.2, -0.15) is 0 Å². The van der Waals surface area contributed by atoms with E-state index in [-0.39, 0.29) is 34.4 Å².